The molecular weight excluding hydrogens is 178 g/mol. The monoisotopic (exact) mass is 193 g/mol. The second-order valence-electron chi connectivity index (χ2n) is 3.00. The molecule has 0 atom stereocenters. The Bertz CT molecular complexity index is 177. The van der Waals surface area contributed by atoms with E-state index >= 15 is 0 Å². The van der Waals surface area contributed by atoms with Gasteiger partial charge in [0.25, 0.3) is 11.0 Å². The fourth-order valence-corrected chi connectivity index (χ4v) is 1.75. The first-order valence-corrected chi connectivity index (χ1v) is 5.46. The zero-order chi connectivity index (χ0) is 8.81. The summed E-state index contributed by atoms with van der Waals surface area (Å²) in [6, 6.07) is 0. The van der Waals surface area contributed by atoms with Gasteiger partial charge in [0.2, 0.25) is 0 Å². The second-order valence-corrected chi connectivity index (χ2v) is 3.61. The Labute approximate surface area is 74.6 Å². The fraction of sp³-hybridized carbons (Fsp3) is 1.00. The van der Waals surface area contributed by atoms with Crippen molar-refractivity contribution in [2.75, 3.05) is 13.1 Å². The lowest BCUT2D eigenvalue weighted by Gasteiger charge is -2.19. The Kier molecular flexibility index (Phi) is 4.57. The zero-order valence-electron chi connectivity index (χ0n) is 7.07. The maximum atomic E-state index is 10.2. The van der Waals surface area contributed by atoms with E-state index in [4.69, 9.17) is 0 Å². The molecule has 1 saturated heterocycles. The third-order valence-corrected chi connectivity index (χ3v) is 2.36. The minimum absolute atomic E-state index is 0.739. The summed E-state index contributed by atoms with van der Waals surface area (Å²) in [6.45, 7) is 1.48. The molecule has 5 heteroatoms. The molecule has 0 radical (unpaired) electrons. The Balaban J connectivity index is 2.29. The molecule has 0 N–H and O–H groups in total. The van der Waals surface area contributed by atoms with E-state index in [1.54, 1.807) is 5.06 Å². The second kappa shape index (κ2) is 5.50. The molecule has 0 bridgehead atoms. The van der Waals surface area contributed by atoms with Crippen molar-refractivity contribution in [1.82, 2.24) is 5.06 Å². The lowest BCUT2D eigenvalue weighted by molar-refractivity contribution is -0.0518. The van der Waals surface area contributed by atoms with E-state index < -0.39 is 11.0 Å². The summed E-state index contributed by atoms with van der Waals surface area (Å²) in [7, 11) is -2.72. The topological polar surface area (TPSA) is 46.6 Å². The van der Waals surface area contributed by atoms with Crippen LogP contribution in [0.3, 0.4) is 0 Å². The van der Waals surface area contributed by atoms with Gasteiger partial charge in [-0.1, -0.05) is 19.3 Å². The van der Waals surface area contributed by atoms with Crippen molar-refractivity contribution in [1.29, 1.82) is 0 Å². The highest BCUT2D eigenvalue weighted by atomic mass is 32.2. The van der Waals surface area contributed by atoms with E-state index in [9.17, 15) is 8.42 Å². The largest absolute Gasteiger partial charge is 0.273 e. The molecule has 1 aliphatic rings. The van der Waals surface area contributed by atoms with E-state index in [2.05, 4.69) is 4.28 Å². The average Bonchev–Trinajstić information content (AvgIpc) is 1.93. The Morgan fingerprint density at radius 1 is 0.917 bits per heavy atom. The number of hydroxylamine groups is 2. The number of hydrogen-bond donors (Lipinski definition) is 1. The Hall–Kier alpha value is -0.130. The van der Waals surface area contributed by atoms with Crippen molar-refractivity contribution in [3.8, 4) is 0 Å². The van der Waals surface area contributed by atoms with Gasteiger partial charge in [-0.15, -0.1) is 0 Å². The molecule has 1 rings (SSSR count). The van der Waals surface area contributed by atoms with Crippen molar-refractivity contribution in [2.45, 2.75) is 32.1 Å². The average molecular weight is 193 g/mol. The number of nitrogens with zero attached hydrogens (tertiary/aromatic N) is 1. The lowest BCUT2D eigenvalue weighted by Crippen LogP contribution is -2.27. The lowest BCUT2D eigenvalue weighted by atomic mass is 10.1. The highest BCUT2D eigenvalue weighted by Crippen LogP contribution is 2.10. The fourth-order valence-electron chi connectivity index (χ4n) is 1.39. The van der Waals surface area contributed by atoms with Gasteiger partial charge in [0, 0.05) is 13.1 Å². The summed E-state index contributed by atoms with van der Waals surface area (Å²) in [5, 5.41) is 1.55. The van der Waals surface area contributed by atoms with Gasteiger partial charge in [0.05, 0.1) is 0 Å². The number of rotatable bonds is 2. The van der Waals surface area contributed by atoms with Crippen LogP contribution in [-0.2, 0) is 15.3 Å². The van der Waals surface area contributed by atoms with Gasteiger partial charge >= 0.3 is 0 Å². The van der Waals surface area contributed by atoms with Crippen LogP contribution in [0.2, 0.25) is 0 Å². The minimum atomic E-state index is -2.72. The first kappa shape index (κ1) is 9.95. The van der Waals surface area contributed by atoms with Gasteiger partial charge in [-0.2, -0.15) is 9.35 Å². The summed E-state index contributed by atoms with van der Waals surface area (Å²) in [5.41, 5.74) is 0. The predicted molar refractivity (Wildman–Crippen MR) is 46.1 cm³/mol. The molecular formula is C7H15NO3S. The minimum Gasteiger partial charge on any atom is -0.201 e. The van der Waals surface area contributed by atoms with E-state index in [0.717, 1.165) is 25.9 Å². The Morgan fingerprint density at radius 3 is 1.92 bits per heavy atom. The van der Waals surface area contributed by atoms with Gasteiger partial charge in [0.15, 0.2) is 0 Å². The molecule has 0 aromatic rings. The molecule has 1 fully saturated rings. The molecule has 72 valence electrons. The van der Waals surface area contributed by atoms with Gasteiger partial charge < -0.3 is 0 Å². The van der Waals surface area contributed by atoms with Crippen LogP contribution in [0, 0.1) is 0 Å². The molecule has 1 heterocycles. The maximum Gasteiger partial charge on any atom is 0.273 e. The number of thiol groups is 1. The summed E-state index contributed by atoms with van der Waals surface area (Å²) in [4.78, 5) is 0. The first-order valence-electron chi connectivity index (χ1n) is 4.36. The van der Waals surface area contributed by atoms with E-state index in [1.807, 2.05) is 0 Å². The van der Waals surface area contributed by atoms with Crippen molar-refractivity contribution in [3.63, 3.8) is 0 Å². The molecule has 0 saturated carbocycles. The van der Waals surface area contributed by atoms with Gasteiger partial charge in [-0.05, 0) is 12.8 Å². The van der Waals surface area contributed by atoms with Gasteiger partial charge in [0.1, 0.15) is 0 Å². The zero-order valence-corrected chi connectivity index (χ0v) is 7.96. The van der Waals surface area contributed by atoms with Crippen LogP contribution < -0.4 is 0 Å². The van der Waals surface area contributed by atoms with Crippen molar-refractivity contribution in [2.24, 2.45) is 0 Å². The van der Waals surface area contributed by atoms with Crippen LogP contribution in [-0.4, -0.2) is 26.6 Å². The molecule has 4 nitrogen and oxygen atoms in total. The van der Waals surface area contributed by atoms with Crippen molar-refractivity contribution < 1.29 is 12.7 Å². The van der Waals surface area contributed by atoms with Crippen molar-refractivity contribution in [3.05, 3.63) is 0 Å². The number of hydrogen-bond acceptors (Lipinski definition) is 4. The summed E-state index contributed by atoms with van der Waals surface area (Å²) in [5.74, 6) is 0. The molecule has 0 aromatic carbocycles. The summed E-state index contributed by atoms with van der Waals surface area (Å²) >= 11 is 0. The highest BCUT2D eigenvalue weighted by molar-refractivity contribution is 7.67. The van der Waals surface area contributed by atoms with Crippen LogP contribution in [0.5, 0.6) is 0 Å². The highest BCUT2D eigenvalue weighted by Gasteiger charge is 2.08. The molecule has 0 amide bonds. The molecule has 0 unspecified atom stereocenters. The smallest absolute Gasteiger partial charge is 0.201 e. The molecule has 0 aromatic heterocycles. The first-order chi connectivity index (χ1) is 5.79. The van der Waals surface area contributed by atoms with Crippen LogP contribution in [0.25, 0.3) is 0 Å². The third-order valence-electron chi connectivity index (χ3n) is 2.00. The third kappa shape index (κ3) is 4.04. The molecule has 0 aliphatic carbocycles. The standard InChI is InChI=1S/C7H15NO3S/c9-12(10)11-8-6-4-2-1-3-5-7-8/h12H,1-7H2. The van der Waals surface area contributed by atoms with Crippen LogP contribution >= 0.6 is 0 Å². The predicted octanol–water partition coefficient (Wildman–Crippen LogP) is 0.711. The molecule has 12 heavy (non-hydrogen) atoms. The van der Waals surface area contributed by atoms with Crippen LogP contribution in [0.4, 0.5) is 0 Å². The van der Waals surface area contributed by atoms with Gasteiger partial charge in [-0.25, -0.2) is 8.42 Å². The van der Waals surface area contributed by atoms with Gasteiger partial charge in [-0.3, -0.25) is 0 Å². The SMILES string of the molecule is O=[SH](=O)ON1CCCCCCC1. The maximum absolute atomic E-state index is 10.2. The quantitative estimate of drug-likeness (QED) is 0.656. The van der Waals surface area contributed by atoms with E-state index in [1.165, 1.54) is 19.3 Å². The Morgan fingerprint density at radius 2 is 1.42 bits per heavy atom. The summed E-state index contributed by atoms with van der Waals surface area (Å²) < 4.78 is 25.1. The molecule has 0 spiro atoms. The van der Waals surface area contributed by atoms with Crippen LogP contribution in [0.1, 0.15) is 32.1 Å². The van der Waals surface area contributed by atoms with Crippen molar-refractivity contribution >= 4 is 11.0 Å². The van der Waals surface area contributed by atoms with E-state index in [0.29, 0.717) is 0 Å². The summed E-state index contributed by atoms with van der Waals surface area (Å²) in [6.07, 6.45) is 5.68. The normalized spacial score (nSPS) is 22.1. The molecule has 1 aliphatic heterocycles. The van der Waals surface area contributed by atoms with Crippen LogP contribution in [0.15, 0.2) is 0 Å². The van der Waals surface area contributed by atoms with E-state index in [-0.39, 0.29) is 0 Å².